The van der Waals surface area contributed by atoms with E-state index in [9.17, 15) is 27.6 Å². The minimum absolute atomic E-state index is 0.157. The third-order valence-electron chi connectivity index (χ3n) is 8.53. The summed E-state index contributed by atoms with van der Waals surface area (Å²) in [6, 6.07) is 16.0. The quantitative estimate of drug-likeness (QED) is 0.337. The van der Waals surface area contributed by atoms with Crippen molar-refractivity contribution in [1.82, 2.24) is 14.9 Å². The third-order valence-corrected chi connectivity index (χ3v) is 8.85. The van der Waals surface area contributed by atoms with E-state index in [-0.39, 0.29) is 28.0 Å². The molecule has 1 aromatic heterocycles. The Morgan fingerprint density at radius 3 is 2.39 bits per heavy atom. The number of hydrogen-bond acceptors (Lipinski definition) is 5. The molecule has 4 aromatic rings. The van der Waals surface area contributed by atoms with Gasteiger partial charge in [0.05, 0.1) is 44.7 Å². The average molecular weight is 579 g/mol. The molecule has 3 aromatic carbocycles. The first-order valence-electron chi connectivity index (χ1n) is 13.1. The molecular formula is C30H22ClF3N4O3. The molecule has 2 amide bonds. The van der Waals surface area contributed by atoms with Gasteiger partial charge in [-0.25, -0.2) is 9.88 Å². The van der Waals surface area contributed by atoms with Gasteiger partial charge in [-0.15, -0.1) is 0 Å². The molecule has 2 saturated heterocycles. The van der Waals surface area contributed by atoms with Gasteiger partial charge < -0.3 is 0 Å². The third kappa shape index (κ3) is 3.31. The van der Waals surface area contributed by atoms with Crippen LogP contribution in [0, 0.1) is 17.8 Å². The number of aromatic nitrogens is 2. The van der Waals surface area contributed by atoms with Crippen LogP contribution in [0.3, 0.4) is 0 Å². The highest BCUT2D eigenvalue weighted by Crippen LogP contribution is 2.57. The number of halogens is 4. The second-order valence-corrected chi connectivity index (χ2v) is 11.4. The molecule has 41 heavy (non-hydrogen) atoms. The van der Waals surface area contributed by atoms with E-state index in [4.69, 9.17) is 16.6 Å². The van der Waals surface area contributed by atoms with E-state index in [1.54, 1.807) is 48.5 Å². The molecule has 4 atom stereocenters. The van der Waals surface area contributed by atoms with E-state index in [2.05, 4.69) is 5.32 Å². The van der Waals surface area contributed by atoms with Crippen molar-refractivity contribution < 1.29 is 22.8 Å². The highest BCUT2D eigenvalue weighted by Gasteiger charge is 2.70. The molecule has 7 rings (SSSR count). The lowest BCUT2D eigenvalue weighted by atomic mass is 9.75. The molecule has 1 spiro atoms. The van der Waals surface area contributed by atoms with Crippen molar-refractivity contribution in [3.63, 3.8) is 0 Å². The summed E-state index contributed by atoms with van der Waals surface area (Å²) in [6.07, 6.45) is -4.71. The van der Waals surface area contributed by atoms with Crippen LogP contribution < -0.4 is 15.8 Å². The molecule has 3 aliphatic rings. The number of nitrogens with one attached hydrogen (secondary N) is 1. The molecule has 0 radical (unpaired) electrons. The maximum absolute atomic E-state index is 14.4. The maximum Gasteiger partial charge on any atom is 0.416 e. The summed E-state index contributed by atoms with van der Waals surface area (Å²) in [6.45, 7) is 3.79. The molecule has 1 N–H and O–H groups in total. The molecule has 4 heterocycles. The van der Waals surface area contributed by atoms with Gasteiger partial charge in [-0.2, -0.15) is 13.2 Å². The maximum atomic E-state index is 14.4. The van der Waals surface area contributed by atoms with E-state index in [1.807, 2.05) is 13.8 Å². The van der Waals surface area contributed by atoms with Crippen molar-refractivity contribution >= 4 is 40.0 Å². The zero-order valence-electron chi connectivity index (χ0n) is 21.7. The van der Waals surface area contributed by atoms with E-state index in [0.29, 0.717) is 22.2 Å². The number of hydrogen-bond donors (Lipinski definition) is 1. The Kier molecular flexibility index (Phi) is 5.37. The van der Waals surface area contributed by atoms with Gasteiger partial charge in [0.25, 0.3) is 5.56 Å². The molecule has 2 fully saturated rings. The van der Waals surface area contributed by atoms with Crippen LogP contribution in [0.1, 0.15) is 30.8 Å². The summed E-state index contributed by atoms with van der Waals surface area (Å²) in [5, 5.41) is 3.79. The van der Waals surface area contributed by atoms with Crippen LogP contribution in [0.5, 0.6) is 0 Å². The smallest absolute Gasteiger partial charge is 0.296 e. The van der Waals surface area contributed by atoms with Crippen LogP contribution >= 0.6 is 11.6 Å². The number of alkyl halides is 3. The average Bonchev–Trinajstić information content (AvgIpc) is 3.52. The number of benzene rings is 3. The SMILES string of the molecule is CC(C)[C@@H]1N[C@]2(c3ccccc3-n3c2nc2ccccc2c3=O)[C@H]2C(=O)N(c3cc(C(F)(F)F)ccc3Cl)C(=O)[C@@H]12. The fourth-order valence-corrected chi connectivity index (χ4v) is 7.02. The molecule has 0 aliphatic carbocycles. The van der Waals surface area contributed by atoms with Gasteiger partial charge in [-0.3, -0.25) is 24.3 Å². The fourth-order valence-electron chi connectivity index (χ4n) is 6.82. The number of anilines is 1. The molecular weight excluding hydrogens is 557 g/mol. The van der Waals surface area contributed by atoms with E-state index in [0.717, 1.165) is 23.1 Å². The lowest BCUT2D eigenvalue weighted by Crippen LogP contribution is -2.51. The number of amides is 2. The second kappa shape index (κ2) is 8.50. The minimum atomic E-state index is -4.71. The van der Waals surface area contributed by atoms with Crippen LogP contribution in [0.2, 0.25) is 5.02 Å². The molecule has 0 bridgehead atoms. The van der Waals surface area contributed by atoms with E-state index >= 15 is 0 Å². The fraction of sp³-hybridized carbons (Fsp3) is 0.267. The minimum Gasteiger partial charge on any atom is -0.296 e. The summed E-state index contributed by atoms with van der Waals surface area (Å²) in [5.74, 6) is -3.31. The van der Waals surface area contributed by atoms with Gasteiger partial charge in [-0.05, 0) is 42.3 Å². The molecule has 7 nitrogen and oxygen atoms in total. The van der Waals surface area contributed by atoms with Crippen molar-refractivity contribution in [3.8, 4) is 5.69 Å². The summed E-state index contributed by atoms with van der Waals surface area (Å²) < 4.78 is 42.4. The molecule has 3 aliphatic heterocycles. The Morgan fingerprint density at radius 2 is 1.66 bits per heavy atom. The van der Waals surface area contributed by atoms with Gasteiger partial charge >= 0.3 is 6.18 Å². The Hall–Kier alpha value is -4.02. The second-order valence-electron chi connectivity index (χ2n) is 11.0. The van der Waals surface area contributed by atoms with Crippen LogP contribution in [0.4, 0.5) is 18.9 Å². The Bertz CT molecular complexity index is 1870. The Labute approximate surface area is 236 Å². The van der Waals surface area contributed by atoms with Gasteiger partial charge in [0, 0.05) is 11.6 Å². The predicted octanol–water partition coefficient (Wildman–Crippen LogP) is 5.05. The largest absolute Gasteiger partial charge is 0.416 e. The Balaban J connectivity index is 1.51. The predicted molar refractivity (Wildman–Crippen MR) is 146 cm³/mol. The normalized spacial score (nSPS) is 25.0. The first kappa shape index (κ1) is 25.9. The van der Waals surface area contributed by atoms with Crippen LogP contribution in [-0.4, -0.2) is 27.4 Å². The summed E-state index contributed by atoms with van der Waals surface area (Å²) in [4.78, 5) is 48.0. The first-order valence-corrected chi connectivity index (χ1v) is 13.5. The molecule has 208 valence electrons. The van der Waals surface area contributed by atoms with E-state index in [1.165, 1.54) is 4.57 Å². The zero-order chi connectivity index (χ0) is 29.0. The van der Waals surface area contributed by atoms with Gasteiger partial charge in [0.1, 0.15) is 11.4 Å². The van der Waals surface area contributed by atoms with Crippen molar-refractivity contribution in [2.24, 2.45) is 17.8 Å². The number of para-hydroxylation sites is 2. The lowest BCUT2D eigenvalue weighted by molar-refractivity contribution is -0.137. The number of carbonyl (C=O) groups excluding carboxylic acids is 2. The number of nitrogens with zero attached hydrogens (tertiary/aromatic N) is 3. The molecule has 0 unspecified atom stereocenters. The van der Waals surface area contributed by atoms with Crippen LogP contribution in [0.25, 0.3) is 16.6 Å². The van der Waals surface area contributed by atoms with Crippen molar-refractivity contribution in [1.29, 1.82) is 0 Å². The van der Waals surface area contributed by atoms with Crippen molar-refractivity contribution in [3.05, 3.63) is 99.1 Å². The highest BCUT2D eigenvalue weighted by molar-refractivity contribution is 6.36. The monoisotopic (exact) mass is 578 g/mol. The van der Waals surface area contributed by atoms with Gasteiger partial charge in [0.2, 0.25) is 11.8 Å². The van der Waals surface area contributed by atoms with Crippen molar-refractivity contribution in [2.45, 2.75) is 31.6 Å². The Morgan fingerprint density at radius 1 is 0.951 bits per heavy atom. The first-order chi connectivity index (χ1) is 19.5. The number of rotatable bonds is 2. The number of carbonyl (C=O) groups is 2. The van der Waals surface area contributed by atoms with E-state index < -0.39 is 47.0 Å². The highest BCUT2D eigenvalue weighted by atomic mass is 35.5. The van der Waals surface area contributed by atoms with Gasteiger partial charge in [-0.1, -0.05) is 55.8 Å². The van der Waals surface area contributed by atoms with Crippen LogP contribution in [-0.2, 0) is 21.3 Å². The molecule has 0 saturated carbocycles. The number of imide groups is 1. The summed E-state index contributed by atoms with van der Waals surface area (Å²) in [7, 11) is 0. The number of fused-ring (bicyclic) bond motifs is 8. The molecule has 11 heteroatoms. The van der Waals surface area contributed by atoms with Crippen LogP contribution in [0.15, 0.2) is 71.5 Å². The topological polar surface area (TPSA) is 84.3 Å². The standard InChI is InChI=1S/C30H22ClF3N4O3/c1-14(2)24-22-23(27(41)37(26(22)40)21-13-15(30(32,33)34)11-12-18(21)31)29(36-24)17-8-4-6-10-20(17)38-25(39)16-7-3-5-9-19(16)35-28(29)38/h3-14,22-24,36H,1-2H3/t22-,23-,24+,29-/m1/s1. The lowest BCUT2D eigenvalue weighted by Gasteiger charge is -2.32. The summed E-state index contributed by atoms with van der Waals surface area (Å²) >= 11 is 6.33. The van der Waals surface area contributed by atoms with Gasteiger partial charge in [0.15, 0.2) is 0 Å². The zero-order valence-corrected chi connectivity index (χ0v) is 22.5. The van der Waals surface area contributed by atoms with Crippen molar-refractivity contribution in [2.75, 3.05) is 4.90 Å². The summed E-state index contributed by atoms with van der Waals surface area (Å²) in [5.41, 5.74) is -1.52.